The molecule has 0 aliphatic heterocycles. The average Bonchev–Trinajstić information content (AvgIpc) is 2.53. The summed E-state index contributed by atoms with van der Waals surface area (Å²) in [5.74, 6) is -0.572. The molecule has 1 aromatic rings. The molecule has 2 N–H and O–H groups in total. The highest BCUT2D eigenvalue weighted by atomic mass is 16.6. The highest BCUT2D eigenvalue weighted by Crippen LogP contribution is 2.25. The highest BCUT2D eigenvalue weighted by molar-refractivity contribution is 5.74. The molecule has 8 heteroatoms. The van der Waals surface area contributed by atoms with Crippen LogP contribution in [-0.2, 0) is 11.8 Å². The molecule has 0 saturated carbocycles. The Balaban J connectivity index is 2.98. The van der Waals surface area contributed by atoms with E-state index >= 15 is 0 Å². The number of nitro groups is 1. The zero-order valence-corrected chi connectivity index (χ0v) is 10.7. The van der Waals surface area contributed by atoms with Crippen molar-refractivity contribution in [3.8, 4) is 0 Å². The van der Waals surface area contributed by atoms with Gasteiger partial charge in [-0.3, -0.25) is 9.36 Å². The monoisotopic (exact) mass is 256 g/mol. The summed E-state index contributed by atoms with van der Waals surface area (Å²) in [7, 11) is 1.63. The smallest absolute Gasteiger partial charge is 0.406 e. The summed E-state index contributed by atoms with van der Waals surface area (Å²) in [6, 6.07) is 0. The van der Waals surface area contributed by atoms with Gasteiger partial charge in [0.15, 0.2) is 0 Å². The number of hydrogen-bond acceptors (Lipinski definition) is 5. The molecule has 1 aromatic heterocycles. The number of imidazole rings is 1. The van der Waals surface area contributed by atoms with Crippen molar-refractivity contribution >= 4 is 17.6 Å². The molecule has 0 spiro atoms. The average molecular weight is 256 g/mol. The standard InChI is InChI=1S/C10H16N4O4/c1-6-12-8(14(17)18)7(13(6)4)11-5-10(2,3)9(15)16/h11H,5H2,1-4H3,(H,15,16). The topological polar surface area (TPSA) is 110 Å². The van der Waals surface area contributed by atoms with Crippen molar-refractivity contribution in [3.63, 3.8) is 0 Å². The molecule has 0 atom stereocenters. The third-order valence-corrected chi connectivity index (χ3v) is 2.75. The molecule has 0 amide bonds. The lowest BCUT2D eigenvalue weighted by molar-refractivity contribution is -0.388. The third-order valence-electron chi connectivity index (χ3n) is 2.75. The van der Waals surface area contributed by atoms with Gasteiger partial charge in [0.1, 0.15) is 0 Å². The molecule has 0 aromatic carbocycles. The van der Waals surface area contributed by atoms with Crippen LogP contribution in [0.3, 0.4) is 0 Å². The SMILES string of the molecule is Cc1nc([N+](=O)[O-])c(NCC(C)(C)C(=O)O)n1C. The fraction of sp³-hybridized carbons (Fsp3) is 0.600. The number of hydrogen-bond donors (Lipinski definition) is 2. The predicted molar refractivity (Wildman–Crippen MR) is 64.5 cm³/mol. The fourth-order valence-electron chi connectivity index (χ4n) is 1.30. The van der Waals surface area contributed by atoms with Gasteiger partial charge in [-0.15, -0.1) is 0 Å². The van der Waals surface area contributed by atoms with E-state index in [0.29, 0.717) is 5.82 Å². The number of carbonyl (C=O) groups is 1. The van der Waals surface area contributed by atoms with Gasteiger partial charge in [0, 0.05) is 20.5 Å². The Morgan fingerprint density at radius 1 is 1.61 bits per heavy atom. The summed E-state index contributed by atoms with van der Waals surface area (Å²) in [5.41, 5.74) is -1.02. The van der Waals surface area contributed by atoms with Crippen molar-refractivity contribution in [2.45, 2.75) is 20.8 Å². The quantitative estimate of drug-likeness (QED) is 0.604. The van der Waals surface area contributed by atoms with E-state index in [4.69, 9.17) is 5.11 Å². The molecule has 1 rings (SSSR count). The zero-order chi connectivity index (χ0) is 14.1. The van der Waals surface area contributed by atoms with Gasteiger partial charge >= 0.3 is 11.8 Å². The summed E-state index contributed by atoms with van der Waals surface area (Å²) in [5, 5.41) is 22.6. The highest BCUT2D eigenvalue weighted by Gasteiger charge is 2.30. The molecular formula is C10H16N4O4. The first-order valence-electron chi connectivity index (χ1n) is 5.32. The normalized spacial score (nSPS) is 11.3. The van der Waals surface area contributed by atoms with E-state index in [1.807, 2.05) is 0 Å². The van der Waals surface area contributed by atoms with Gasteiger partial charge in [-0.1, -0.05) is 0 Å². The Kier molecular flexibility index (Phi) is 3.59. The molecule has 0 unspecified atom stereocenters. The number of aromatic nitrogens is 2. The lowest BCUT2D eigenvalue weighted by atomic mass is 9.94. The van der Waals surface area contributed by atoms with Crippen molar-refractivity contribution in [1.82, 2.24) is 9.55 Å². The van der Waals surface area contributed by atoms with Crippen LogP contribution in [0.15, 0.2) is 0 Å². The lowest BCUT2D eigenvalue weighted by Gasteiger charge is -2.19. The van der Waals surface area contributed by atoms with Crippen LogP contribution in [0.1, 0.15) is 19.7 Å². The minimum atomic E-state index is -1.02. The maximum Gasteiger partial charge on any atom is 0.406 e. The van der Waals surface area contributed by atoms with Gasteiger partial charge in [0.05, 0.1) is 5.41 Å². The van der Waals surface area contributed by atoms with Crippen LogP contribution in [0.2, 0.25) is 0 Å². The third kappa shape index (κ3) is 2.58. The minimum absolute atomic E-state index is 0.0716. The van der Waals surface area contributed by atoms with Crippen molar-refractivity contribution in [1.29, 1.82) is 0 Å². The van der Waals surface area contributed by atoms with Gasteiger partial charge in [-0.25, -0.2) is 0 Å². The van der Waals surface area contributed by atoms with Gasteiger partial charge in [0.2, 0.25) is 11.6 Å². The van der Waals surface area contributed by atoms with Crippen LogP contribution in [0.5, 0.6) is 0 Å². The number of anilines is 1. The van der Waals surface area contributed by atoms with Crippen LogP contribution in [-0.4, -0.2) is 32.1 Å². The van der Waals surface area contributed by atoms with Gasteiger partial charge in [0.25, 0.3) is 0 Å². The molecule has 0 aliphatic carbocycles. The van der Waals surface area contributed by atoms with Crippen LogP contribution >= 0.6 is 0 Å². The molecule has 0 radical (unpaired) electrons. The maximum atomic E-state index is 11.0. The van der Waals surface area contributed by atoms with E-state index in [-0.39, 0.29) is 18.2 Å². The number of carboxylic acids is 1. The number of aliphatic carboxylic acids is 1. The van der Waals surface area contributed by atoms with E-state index in [1.54, 1.807) is 14.0 Å². The number of carboxylic acid groups (broad SMARTS) is 1. The minimum Gasteiger partial charge on any atom is -0.481 e. The van der Waals surface area contributed by atoms with Crippen LogP contribution < -0.4 is 5.32 Å². The number of nitrogens with zero attached hydrogens (tertiary/aromatic N) is 3. The Morgan fingerprint density at radius 2 is 2.17 bits per heavy atom. The number of rotatable bonds is 5. The van der Waals surface area contributed by atoms with E-state index < -0.39 is 16.3 Å². The first-order valence-corrected chi connectivity index (χ1v) is 5.32. The Morgan fingerprint density at radius 3 is 2.61 bits per heavy atom. The molecule has 1 heterocycles. The molecule has 0 bridgehead atoms. The second-order valence-electron chi connectivity index (χ2n) is 4.69. The van der Waals surface area contributed by atoms with Gasteiger partial charge < -0.3 is 20.5 Å². The molecule has 0 saturated heterocycles. The van der Waals surface area contributed by atoms with E-state index in [0.717, 1.165) is 0 Å². The maximum absolute atomic E-state index is 11.0. The summed E-state index contributed by atoms with van der Waals surface area (Å²) >= 11 is 0. The summed E-state index contributed by atoms with van der Waals surface area (Å²) in [6.07, 6.45) is 0. The molecule has 18 heavy (non-hydrogen) atoms. The summed E-state index contributed by atoms with van der Waals surface area (Å²) in [4.78, 5) is 25.0. The largest absolute Gasteiger partial charge is 0.481 e. The molecular weight excluding hydrogens is 240 g/mol. The second-order valence-corrected chi connectivity index (χ2v) is 4.69. The lowest BCUT2D eigenvalue weighted by Crippen LogP contribution is -2.32. The Labute approximate surface area is 104 Å². The first kappa shape index (κ1) is 13.9. The second kappa shape index (κ2) is 4.63. The molecule has 8 nitrogen and oxygen atoms in total. The van der Waals surface area contributed by atoms with Crippen molar-refractivity contribution in [2.24, 2.45) is 12.5 Å². The predicted octanol–water partition coefficient (Wildman–Crippen LogP) is 1.16. The van der Waals surface area contributed by atoms with Crippen LogP contribution in [0, 0.1) is 22.5 Å². The molecule has 0 fully saturated rings. The van der Waals surface area contributed by atoms with Crippen LogP contribution in [0.4, 0.5) is 11.6 Å². The van der Waals surface area contributed by atoms with E-state index in [9.17, 15) is 14.9 Å². The molecule has 0 aliphatic rings. The zero-order valence-electron chi connectivity index (χ0n) is 10.7. The van der Waals surface area contributed by atoms with Crippen molar-refractivity contribution in [2.75, 3.05) is 11.9 Å². The summed E-state index contributed by atoms with van der Waals surface area (Å²) < 4.78 is 1.52. The van der Waals surface area contributed by atoms with E-state index in [2.05, 4.69) is 10.3 Å². The van der Waals surface area contributed by atoms with Crippen LogP contribution in [0.25, 0.3) is 0 Å². The van der Waals surface area contributed by atoms with Crippen molar-refractivity contribution < 1.29 is 14.8 Å². The first-order chi connectivity index (χ1) is 8.16. The van der Waals surface area contributed by atoms with Gasteiger partial charge in [-0.2, -0.15) is 0 Å². The van der Waals surface area contributed by atoms with Gasteiger partial charge in [-0.05, 0) is 23.8 Å². The molecule has 100 valence electrons. The van der Waals surface area contributed by atoms with E-state index in [1.165, 1.54) is 18.4 Å². The number of nitrogens with one attached hydrogen (secondary N) is 1. The van der Waals surface area contributed by atoms with Crippen molar-refractivity contribution in [3.05, 3.63) is 15.9 Å². The fourth-order valence-corrected chi connectivity index (χ4v) is 1.30. The Bertz CT molecular complexity index is 492. The number of aryl methyl sites for hydroxylation is 1. The Hall–Kier alpha value is -2.12. The summed E-state index contributed by atoms with van der Waals surface area (Å²) in [6.45, 7) is 4.79.